The Morgan fingerprint density at radius 3 is 2.50 bits per heavy atom. The molecule has 1 heterocycles. The van der Waals surface area contributed by atoms with Gasteiger partial charge in [0.2, 0.25) is 0 Å². The first-order valence-corrected chi connectivity index (χ1v) is 10.3. The van der Waals surface area contributed by atoms with E-state index >= 15 is 0 Å². The average molecular weight is 381 g/mol. The summed E-state index contributed by atoms with van der Waals surface area (Å²) in [5, 5.41) is 3.00. The summed E-state index contributed by atoms with van der Waals surface area (Å²) in [4.78, 5) is 15.0. The van der Waals surface area contributed by atoms with E-state index in [4.69, 9.17) is 4.74 Å². The highest BCUT2D eigenvalue weighted by Crippen LogP contribution is 2.18. The molecule has 4 nitrogen and oxygen atoms in total. The second-order valence-electron chi connectivity index (χ2n) is 8.15. The molecule has 1 amide bonds. The van der Waals surface area contributed by atoms with Gasteiger partial charge in [0, 0.05) is 18.7 Å². The van der Waals surface area contributed by atoms with Gasteiger partial charge in [0.05, 0.1) is 6.10 Å². The number of likely N-dealkylation sites (tertiary alicyclic amines) is 1. The van der Waals surface area contributed by atoms with Crippen LogP contribution in [-0.2, 0) is 13.1 Å². The normalized spacial score (nSPS) is 15.6. The number of amides is 1. The first-order chi connectivity index (χ1) is 13.5. The Balaban J connectivity index is 1.50. The van der Waals surface area contributed by atoms with Crippen molar-refractivity contribution in [2.24, 2.45) is 5.92 Å². The summed E-state index contributed by atoms with van der Waals surface area (Å²) in [6.45, 7) is 10.1. The number of nitrogens with one attached hydrogen (secondary N) is 1. The average Bonchev–Trinajstić information content (AvgIpc) is 2.68. The van der Waals surface area contributed by atoms with Crippen LogP contribution in [0.2, 0.25) is 0 Å². The Morgan fingerprint density at radius 2 is 1.82 bits per heavy atom. The second-order valence-corrected chi connectivity index (χ2v) is 8.15. The van der Waals surface area contributed by atoms with Gasteiger partial charge in [0.15, 0.2) is 0 Å². The Morgan fingerprint density at radius 1 is 1.11 bits per heavy atom. The summed E-state index contributed by atoms with van der Waals surface area (Å²) in [6.07, 6.45) is 2.70. The van der Waals surface area contributed by atoms with Gasteiger partial charge in [0.25, 0.3) is 5.91 Å². The molecule has 0 spiro atoms. The smallest absolute Gasteiger partial charge is 0.251 e. The van der Waals surface area contributed by atoms with E-state index in [1.54, 1.807) is 0 Å². The summed E-state index contributed by atoms with van der Waals surface area (Å²) in [5.41, 5.74) is 3.00. The molecular formula is C24H32N2O2. The van der Waals surface area contributed by atoms with Crippen molar-refractivity contribution in [1.29, 1.82) is 0 Å². The quantitative estimate of drug-likeness (QED) is 0.761. The maximum atomic E-state index is 12.5. The Kier molecular flexibility index (Phi) is 7.10. The van der Waals surface area contributed by atoms with Crippen LogP contribution in [0.5, 0.6) is 5.75 Å². The van der Waals surface area contributed by atoms with E-state index in [0.717, 1.165) is 23.8 Å². The summed E-state index contributed by atoms with van der Waals surface area (Å²) in [5.74, 6) is 1.63. The maximum absolute atomic E-state index is 12.5. The Bertz CT molecular complexity index is 762. The van der Waals surface area contributed by atoms with Crippen molar-refractivity contribution in [2.75, 3.05) is 13.1 Å². The molecule has 0 saturated carbocycles. The number of hydrogen-bond acceptors (Lipinski definition) is 3. The van der Waals surface area contributed by atoms with E-state index in [1.165, 1.54) is 31.5 Å². The maximum Gasteiger partial charge on any atom is 0.251 e. The van der Waals surface area contributed by atoms with E-state index in [0.29, 0.717) is 12.1 Å². The van der Waals surface area contributed by atoms with Crippen LogP contribution in [0.15, 0.2) is 48.5 Å². The van der Waals surface area contributed by atoms with Gasteiger partial charge in [-0.2, -0.15) is 0 Å². The predicted octanol–water partition coefficient (Wildman–Crippen LogP) is 4.64. The molecule has 1 aliphatic heterocycles. The molecule has 1 aliphatic rings. The van der Waals surface area contributed by atoms with Crippen molar-refractivity contribution in [1.82, 2.24) is 10.2 Å². The molecule has 1 N–H and O–H groups in total. The van der Waals surface area contributed by atoms with E-state index in [2.05, 4.69) is 29.3 Å². The topological polar surface area (TPSA) is 41.6 Å². The van der Waals surface area contributed by atoms with Crippen LogP contribution in [-0.4, -0.2) is 30.0 Å². The number of benzene rings is 2. The van der Waals surface area contributed by atoms with Crippen LogP contribution in [0, 0.1) is 5.92 Å². The molecule has 1 fully saturated rings. The van der Waals surface area contributed by atoms with Gasteiger partial charge >= 0.3 is 0 Å². The molecule has 150 valence electrons. The lowest BCUT2D eigenvalue weighted by Gasteiger charge is -2.30. The molecular weight excluding hydrogens is 348 g/mol. The fourth-order valence-corrected chi connectivity index (χ4v) is 3.53. The highest BCUT2D eigenvalue weighted by atomic mass is 16.5. The van der Waals surface area contributed by atoms with Crippen LogP contribution < -0.4 is 10.1 Å². The van der Waals surface area contributed by atoms with E-state index in [-0.39, 0.29) is 12.0 Å². The Hall–Kier alpha value is -2.33. The van der Waals surface area contributed by atoms with Crippen molar-refractivity contribution >= 4 is 5.91 Å². The van der Waals surface area contributed by atoms with E-state index < -0.39 is 0 Å². The molecule has 1 saturated heterocycles. The molecule has 0 unspecified atom stereocenters. The molecule has 0 aromatic heterocycles. The lowest BCUT2D eigenvalue weighted by atomic mass is 9.99. The van der Waals surface area contributed by atoms with Crippen LogP contribution in [0.1, 0.15) is 55.1 Å². The minimum absolute atomic E-state index is 0.0477. The summed E-state index contributed by atoms with van der Waals surface area (Å²) >= 11 is 0. The largest absolute Gasteiger partial charge is 0.491 e. The Labute approximate surface area is 168 Å². The van der Waals surface area contributed by atoms with Gasteiger partial charge < -0.3 is 10.1 Å². The zero-order valence-corrected chi connectivity index (χ0v) is 17.3. The lowest BCUT2D eigenvalue weighted by Crippen LogP contribution is -2.32. The first kappa shape index (κ1) is 20.4. The van der Waals surface area contributed by atoms with Crippen molar-refractivity contribution in [2.45, 2.75) is 52.8 Å². The molecule has 3 rings (SSSR count). The van der Waals surface area contributed by atoms with Gasteiger partial charge in [-0.3, -0.25) is 9.69 Å². The van der Waals surface area contributed by atoms with Crippen LogP contribution in [0.4, 0.5) is 0 Å². The summed E-state index contributed by atoms with van der Waals surface area (Å²) in [6, 6.07) is 15.9. The van der Waals surface area contributed by atoms with Gasteiger partial charge in [-0.1, -0.05) is 31.2 Å². The molecule has 0 atom stereocenters. The zero-order valence-electron chi connectivity index (χ0n) is 17.3. The zero-order chi connectivity index (χ0) is 19.9. The van der Waals surface area contributed by atoms with Gasteiger partial charge in [0.1, 0.15) is 5.75 Å². The fourth-order valence-electron chi connectivity index (χ4n) is 3.53. The minimum Gasteiger partial charge on any atom is -0.491 e. The third kappa shape index (κ3) is 6.10. The van der Waals surface area contributed by atoms with Crippen LogP contribution in [0.25, 0.3) is 0 Å². The predicted molar refractivity (Wildman–Crippen MR) is 113 cm³/mol. The van der Waals surface area contributed by atoms with Gasteiger partial charge in [-0.25, -0.2) is 0 Å². The van der Waals surface area contributed by atoms with Gasteiger partial charge in [-0.05, 0) is 81.1 Å². The number of carbonyl (C=O) groups is 1. The van der Waals surface area contributed by atoms with E-state index in [9.17, 15) is 4.79 Å². The number of nitrogens with zero attached hydrogens (tertiary/aromatic N) is 1. The molecule has 0 aliphatic carbocycles. The number of hydrogen-bond donors (Lipinski definition) is 1. The first-order valence-electron chi connectivity index (χ1n) is 10.3. The fraction of sp³-hybridized carbons (Fsp3) is 0.458. The molecule has 2 aromatic carbocycles. The van der Waals surface area contributed by atoms with Gasteiger partial charge in [-0.15, -0.1) is 0 Å². The number of carbonyl (C=O) groups excluding carboxylic acids is 1. The van der Waals surface area contributed by atoms with E-state index in [1.807, 2.05) is 50.2 Å². The second kappa shape index (κ2) is 9.74. The molecule has 2 aromatic rings. The van der Waals surface area contributed by atoms with Crippen molar-refractivity contribution < 1.29 is 9.53 Å². The lowest BCUT2D eigenvalue weighted by molar-refractivity contribution is 0.0950. The minimum atomic E-state index is -0.0477. The number of piperidine rings is 1. The molecule has 0 bridgehead atoms. The van der Waals surface area contributed by atoms with Crippen molar-refractivity contribution in [3.05, 3.63) is 65.2 Å². The highest BCUT2D eigenvalue weighted by molar-refractivity contribution is 5.94. The monoisotopic (exact) mass is 380 g/mol. The highest BCUT2D eigenvalue weighted by Gasteiger charge is 2.15. The van der Waals surface area contributed by atoms with Crippen LogP contribution in [0.3, 0.4) is 0 Å². The van der Waals surface area contributed by atoms with Crippen molar-refractivity contribution in [3.8, 4) is 5.75 Å². The SMILES string of the molecule is CC1CCN(Cc2ccc(C(=O)NCc3cccc(OC(C)C)c3)cc2)CC1. The standard InChI is InChI=1S/C24H32N2O2/c1-18(2)28-23-6-4-5-21(15-23)16-25-24(27)22-9-7-20(8-10-22)17-26-13-11-19(3)12-14-26/h4-10,15,18-19H,11-14,16-17H2,1-3H3,(H,25,27). The summed E-state index contributed by atoms with van der Waals surface area (Å²) < 4.78 is 5.71. The van der Waals surface area contributed by atoms with Crippen molar-refractivity contribution in [3.63, 3.8) is 0 Å². The summed E-state index contributed by atoms with van der Waals surface area (Å²) in [7, 11) is 0. The molecule has 4 heteroatoms. The number of rotatable bonds is 7. The van der Waals surface area contributed by atoms with Crippen LogP contribution >= 0.6 is 0 Å². The third-order valence-corrected chi connectivity index (χ3v) is 5.22. The third-order valence-electron chi connectivity index (χ3n) is 5.22. The molecule has 28 heavy (non-hydrogen) atoms. The number of ether oxygens (including phenoxy) is 1. The molecule has 0 radical (unpaired) electrons.